The highest BCUT2D eigenvalue weighted by Crippen LogP contribution is 2.61. The summed E-state index contributed by atoms with van der Waals surface area (Å²) < 4.78 is 7.01. The molecule has 0 amide bonds. The van der Waals surface area contributed by atoms with Crippen LogP contribution in [-0.2, 0) is 10.8 Å². The Balaban J connectivity index is 1.15. The van der Waals surface area contributed by atoms with Crippen molar-refractivity contribution >= 4 is 49.8 Å². The second-order valence-corrected chi connectivity index (χ2v) is 17.9. The van der Waals surface area contributed by atoms with Gasteiger partial charge in [-0.2, -0.15) is 0 Å². The van der Waals surface area contributed by atoms with Crippen molar-refractivity contribution < 1.29 is 4.42 Å². The van der Waals surface area contributed by atoms with Gasteiger partial charge in [0, 0.05) is 22.1 Å². The Hall–Kier alpha value is -7.94. The number of benzene rings is 10. The molecule has 10 aromatic carbocycles. The van der Waals surface area contributed by atoms with E-state index in [1.165, 1.54) is 72.0 Å². The summed E-state index contributed by atoms with van der Waals surface area (Å²) in [5, 5.41) is 4.59. The molecule has 0 saturated carbocycles. The Morgan fingerprint density at radius 1 is 0.375 bits per heavy atom. The Labute approximate surface area is 373 Å². The third-order valence-electron chi connectivity index (χ3n) is 14.3. The summed E-state index contributed by atoms with van der Waals surface area (Å²) in [6, 6.07) is 82.7. The van der Waals surface area contributed by atoms with Crippen LogP contribution < -0.4 is 4.90 Å². The summed E-state index contributed by atoms with van der Waals surface area (Å²) in [7, 11) is 0. The zero-order chi connectivity index (χ0) is 42.6. The topological polar surface area (TPSA) is 16.4 Å². The smallest absolute Gasteiger partial charge is 0.137 e. The molecule has 1 heterocycles. The first kappa shape index (κ1) is 36.7. The number of nitrogens with zero attached hydrogens (tertiary/aromatic N) is 1. The van der Waals surface area contributed by atoms with E-state index in [2.05, 4.69) is 243 Å². The molecule has 302 valence electrons. The van der Waals surface area contributed by atoms with Gasteiger partial charge in [-0.3, -0.25) is 0 Å². The molecule has 0 spiro atoms. The number of rotatable bonds is 6. The number of anilines is 3. The average molecular weight is 818 g/mol. The van der Waals surface area contributed by atoms with Crippen LogP contribution in [0.25, 0.3) is 66.1 Å². The minimum absolute atomic E-state index is 0.187. The maximum absolute atomic E-state index is 7.01. The van der Waals surface area contributed by atoms with Crippen LogP contribution in [0.15, 0.2) is 229 Å². The molecule has 0 fully saturated rings. The van der Waals surface area contributed by atoms with Crippen LogP contribution in [0, 0.1) is 0 Å². The van der Waals surface area contributed by atoms with Crippen molar-refractivity contribution in [1.82, 2.24) is 0 Å². The summed E-state index contributed by atoms with van der Waals surface area (Å²) in [5.41, 5.74) is 19.5. The van der Waals surface area contributed by atoms with Crippen molar-refractivity contribution in [1.29, 1.82) is 0 Å². The monoisotopic (exact) mass is 817 g/mol. The van der Waals surface area contributed by atoms with Gasteiger partial charge in [0.25, 0.3) is 0 Å². The van der Waals surface area contributed by atoms with Crippen molar-refractivity contribution in [2.75, 3.05) is 4.90 Å². The predicted molar refractivity (Wildman–Crippen MR) is 266 cm³/mol. The van der Waals surface area contributed by atoms with Crippen LogP contribution in [0.1, 0.15) is 47.2 Å². The minimum atomic E-state index is -0.546. The highest BCUT2D eigenvalue weighted by atomic mass is 16.3. The van der Waals surface area contributed by atoms with Crippen LogP contribution in [0.5, 0.6) is 0 Å². The van der Waals surface area contributed by atoms with Crippen molar-refractivity contribution in [2.45, 2.75) is 24.7 Å². The first-order valence-corrected chi connectivity index (χ1v) is 22.3. The van der Waals surface area contributed by atoms with Gasteiger partial charge in [-0.25, -0.2) is 0 Å². The van der Waals surface area contributed by atoms with Gasteiger partial charge in [-0.05, 0) is 108 Å². The molecule has 2 heteroatoms. The molecule has 2 aliphatic rings. The fourth-order valence-corrected chi connectivity index (χ4v) is 11.6. The van der Waals surface area contributed by atoms with Crippen LogP contribution in [0.2, 0.25) is 0 Å². The minimum Gasteiger partial charge on any atom is -0.456 e. The average Bonchev–Trinajstić information content (AvgIpc) is 3.97. The van der Waals surface area contributed by atoms with E-state index in [1.54, 1.807) is 0 Å². The first-order chi connectivity index (χ1) is 31.5. The van der Waals surface area contributed by atoms with Gasteiger partial charge >= 0.3 is 0 Å². The Bertz CT molecular complexity index is 3600. The number of hydrogen-bond donors (Lipinski definition) is 0. The molecular weight excluding hydrogens is 775 g/mol. The number of fused-ring (bicyclic) bond motifs is 11. The van der Waals surface area contributed by atoms with E-state index in [9.17, 15) is 0 Å². The summed E-state index contributed by atoms with van der Waals surface area (Å²) >= 11 is 0. The van der Waals surface area contributed by atoms with Crippen molar-refractivity contribution in [3.63, 3.8) is 0 Å². The maximum atomic E-state index is 7.01. The molecular formula is C62H43NO. The van der Waals surface area contributed by atoms with Gasteiger partial charge in [0.05, 0.1) is 22.2 Å². The lowest BCUT2D eigenvalue weighted by Gasteiger charge is -2.34. The molecule has 2 aliphatic carbocycles. The lowest BCUT2D eigenvalue weighted by atomic mass is 9.68. The molecule has 0 bridgehead atoms. The van der Waals surface area contributed by atoms with Crippen LogP contribution >= 0.6 is 0 Å². The zero-order valence-corrected chi connectivity index (χ0v) is 35.7. The molecule has 0 unspecified atom stereocenters. The summed E-state index contributed by atoms with van der Waals surface area (Å²) in [5.74, 6) is 0. The highest BCUT2D eigenvalue weighted by molar-refractivity contribution is 6.26. The summed E-state index contributed by atoms with van der Waals surface area (Å²) in [6.07, 6.45) is 0. The predicted octanol–water partition coefficient (Wildman–Crippen LogP) is 16.5. The lowest BCUT2D eigenvalue weighted by Crippen LogP contribution is -2.28. The molecule has 64 heavy (non-hydrogen) atoms. The van der Waals surface area contributed by atoms with Gasteiger partial charge in [0.2, 0.25) is 0 Å². The fraction of sp³-hybridized carbons (Fsp3) is 0.0645. The van der Waals surface area contributed by atoms with Gasteiger partial charge < -0.3 is 9.32 Å². The summed E-state index contributed by atoms with van der Waals surface area (Å²) in [4.78, 5) is 2.54. The standard InChI is InChI=1S/C62H43NO/c1-61(2)50-30-16-14-27-45(50)46-37-36-43(38-53(46)61)63(55-34-19-35-56-60(55)59-47-28-13-12-26-44(47)49(39-57(59)64-56)40-20-6-3-7-21-40)54-33-18-32-52-58(54)48-29-15-17-31-51(48)62(52,41-22-8-4-9-23-41)42-24-10-5-11-25-42/h3-39H,1-2H3. The van der Waals surface area contributed by atoms with Crippen molar-refractivity contribution in [2.24, 2.45) is 0 Å². The molecule has 0 N–H and O–H groups in total. The fourth-order valence-electron chi connectivity index (χ4n) is 11.6. The normalized spacial score (nSPS) is 14.0. The molecule has 0 radical (unpaired) electrons. The second-order valence-electron chi connectivity index (χ2n) is 17.9. The van der Waals surface area contributed by atoms with E-state index < -0.39 is 5.41 Å². The molecule has 13 rings (SSSR count). The van der Waals surface area contributed by atoms with E-state index in [-0.39, 0.29) is 5.41 Å². The molecule has 0 atom stereocenters. The van der Waals surface area contributed by atoms with Gasteiger partial charge in [-0.15, -0.1) is 0 Å². The van der Waals surface area contributed by atoms with Crippen LogP contribution in [0.4, 0.5) is 17.1 Å². The largest absolute Gasteiger partial charge is 0.456 e. The quantitative estimate of drug-likeness (QED) is 0.166. The molecule has 0 saturated heterocycles. The van der Waals surface area contributed by atoms with E-state index in [4.69, 9.17) is 4.42 Å². The Kier molecular flexibility index (Phi) is 7.90. The number of hydrogen-bond acceptors (Lipinski definition) is 2. The second kappa shape index (κ2) is 13.8. The third-order valence-corrected chi connectivity index (χ3v) is 14.3. The van der Waals surface area contributed by atoms with Crippen molar-refractivity contribution in [3.05, 3.63) is 258 Å². The SMILES string of the molecule is CC1(C)c2ccccc2-c2ccc(N(c3cccc4c3-c3ccccc3C4(c3ccccc3)c3ccccc3)c3cccc4oc5cc(-c6ccccc6)c6ccccc6c5c34)cc21. The highest BCUT2D eigenvalue weighted by Gasteiger charge is 2.47. The van der Waals surface area contributed by atoms with E-state index in [0.717, 1.165) is 44.6 Å². The van der Waals surface area contributed by atoms with Gasteiger partial charge in [0.1, 0.15) is 11.2 Å². The lowest BCUT2D eigenvalue weighted by molar-refractivity contribution is 0.660. The molecule has 2 nitrogen and oxygen atoms in total. The Morgan fingerprint density at radius 3 is 1.70 bits per heavy atom. The molecule has 0 aliphatic heterocycles. The van der Waals surface area contributed by atoms with E-state index in [0.29, 0.717) is 0 Å². The molecule has 11 aromatic rings. The number of furan rings is 1. The van der Waals surface area contributed by atoms with Gasteiger partial charge in [0.15, 0.2) is 0 Å². The zero-order valence-electron chi connectivity index (χ0n) is 35.7. The maximum Gasteiger partial charge on any atom is 0.137 e. The Morgan fingerprint density at radius 2 is 0.953 bits per heavy atom. The van der Waals surface area contributed by atoms with E-state index in [1.807, 2.05) is 0 Å². The molecule has 1 aromatic heterocycles. The van der Waals surface area contributed by atoms with Gasteiger partial charge in [-0.1, -0.05) is 202 Å². The van der Waals surface area contributed by atoms with Crippen molar-refractivity contribution in [3.8, 4) is 33.4 Å². The third kappa shape index (κ3) is 5.02. The summed E-state index contributed by atoms with van der Waals surface area (Å²) in [6.45, 7) is 4.74. The van der Waals surface area contributed by atoms with E-state index >= 15 is 0 Å². The van der Waals surface area contributed by atoms with Crippen LogP contribution in [0.3, 0.4) is 0 Å². The van der Waals surface area contributed by atoms with Crippen LogP contribution in [-0.4, -0.2) is 0 Å². The first-order valence-electron chi connectivity index (χ1n) is 22.3.